The molecule has 1 N–H and O–H groups in total. The van der Waals surface area contributed by atoms with Crippen LogP contribution in [0.2, 0.25) is 5.02 Å². The number of aromatic amines is 1. The van der Waals surface area contributed by atoms with Gasteiger partial charge in [0.1, 0.15) is 6.26 Å². The Morgan fingerprint density at radius 3 is 2.62 bits per heavy atom. The van der Waals surface area contributed by atoms with Crippen molar-refractivity contribution in [3.8, 4) is 11.1 Å². The molecule has 0 saturated carbocycles. The molecule has 0 spiro atoms. The predicted octanol–water partition coefficient (Wildman–Crippen LogP) is 2.29. The van der Waals surface area contributed by atoms with E-state index in [1.807, 2.05) is 6.07 Å². The first-order chi connectivity index (χ1) is 6.29. The molecular formula is C9H6ClNO2. The number of nitrogens with one attached hydrogen (secondary N) is 1. The van der Waals surface area contributed by atoms with Crippen molar-refractivity contribution < 1.29 is 4.52 Å². The molecule has 0 saturated heterocycles. The predicted molar refractivity (Wildman–Crippen MR) is 49.8 cm³/mol. The van der Waals surface area contributed by atoms with Crippen LogP contribution in [0, 0.1) is 0 Å². The summed E-state index contributed by atoms with van der Waals surface area (Å²) in [6, 6.07) is 7.11. The summed E-state index contributed by atoms with van der Waals surface area (Å²) >= 11 is 5.89. The van der Waals surface area contributed by atoms with E-state index in [1.54, 1.807) is 18.2 Å². The van der Waals surface area contributed by atoms with Gasteiger partial charge in [0.2, 0.25) is 0 Å². The molecule has 0 aliphatic rings. The van der Waals surface area contributed by atoms with Crippen molar-refractivity contribution in [2.45, 2.75) is 0 Å². The van der Waals surface area contributed by atoms with E-state index in [0.717, 1.165) is 0 Å². The molecule has 0 unspecified atom stereocenters. The van der Waals surface area contributed by atoms with Gasteiger partial charge in [-0.2, -0.15) is 5.16 Å². The molecule has 0 bridgehead atoms. The smallest absolute Gasteiger partial charge is 0.287 e. The van der Waals surface area contributed by atoms with Crippen molar-refractivity contribution in [2.75, 3.05) is 0 Å². The van der Waals surface area contributed by atoms with E-state index in [2.05, 4.69) is 9.68 Å². The highest BCUT2D eigenvalue weighted by molar-refractivity contribution is 6.33. The average Bonchev–Trinajstić information content (AvgIpc) is 2.52. The standard InChI is InChI=1S/C9H6ClNO2/c10-8-4-2-1-3-6(8)7-5-13-11-9(7)12/h1-5H,(H,11,12). The van der Waals surface area contributed by atoms with Crippen LogP contribution < -0.4 is 5.56 Å². The zero-order valence-electron chi connectivity index (χ0n) is 6.58. The summed E-state index contributed by atoms with van der Waals surface area (Å²) in [6.07, 6.45) is 1.35. The zero-order chi connectivity index (χ0) is 9.26. The SMILES string of the molecule is O=c1[nH]occ1-c1ccccc1Cl. The molecule has 1 heterocycles. The molecule has 1 aromatic carbocycles. The first kappa shape index (κ1) is 8.13. The van der Waals surface area contributed by atoms with Gasteiger partial charge in [-0.25, -0.2) is 0 Å². The summed E-state index contributed by atoms with van der Waals surface area (Å²) in [6.45, 7) is 0. The molecule has 0 amide bonds. The lowest BCUT2D eigenvalue weighted by Gasteiger charge is -1.96. The molecule has 0 fully saturated rings. The van der Waals surface area contributed by atoms with E-state index < -0.39 is 0 Å². The highest BCUT2D eigenvalue weighted by Crippen LogP contribution is 2.24. The van der Waals surface area contributed by atoms with Crippen LogP contribution in [0.4, 0.5) is 0 Å². The molecule has 13 heavy (non-hydrogen) atoms. The first-order valence-electron chi connectivity index (χ1n) is 3.70. The second-order valence-electron chi connectivity index (χ2n) is 2.56. The van der Waals surface area contributed by atoms with Crippen molar-refractivity contribution in [1.29, 1.82) is 0 Å². The van der Waals surface area contributed by atoms with Gasteiger partial charge < -0.3 is 4.52 Å². The van der Waals surface area contributed by atoms with Crippen LogP contribution in [0.3, 0.4) is 0 Å². The third kappa shape index (κ3) is 1.38. The van der Waals surface area contributed by atoms with Gasteiger partial charge in [-0.3, -0.25) is 4.79 Å². The topological polar surface area (TPSA) is 46.0 Å². The lowest BCUT2D eigenvalue weighted by atomic mass is 10.1. The van der Waals surface area contributed by atoms with Crippen molar-refractivity contribution in [2.24, 2.45) is 0 Å². The zero-order valence-corrected chi connectivity index (χ0v) is 7.34. The third-order valence-electron chi connectivity index (χ3n) is 1.74. The van der Waals surface area contributed by atoms with E-state index in [-0.39, 0.29) is 5.56 Å². The fraction of sp³-hybridized carbons (Fsp3) is 0. The van der Waals surface area contributed by atoms with Gasteiger partial charge in [0.15, 0.2) is 0 Å². The maximum Gasteiger partial charge on any atom is 0.287 e. The largest absolute Gasteiger partial charge is 0.386 e. The lowest BCUT2D eigenvalue weighted by molar-refractivity contribution is 0.414. The Kier molecular flexibility index (Phi) is 1.94. The van der Waals surface area contributed by atoms with Gasteiger partial charge in [0.05, 0.1) is 5.56 Å². The Hall–Kier alpha value is -1.48. The number of rotatable bonds is 1. The maximum absolute atomic E-state index is 11.2. The highest BCUT2D eigenvalue weighted by Gasteiger charge is 2.07. The molecule has 0 aliphatic carbocycles. The van der Waals surface area contributed by atoms with Crippen LogP contribution in [0.25, 0.3) is 11.1 Å². The fourth-order valence-electron chi connectivity index (χ4n) is 1.12. The minimum atomic E-state index is -0.270. The quantitative estimate of drug-likeness (QED) is 0.759. The maximum atomic E-state index is 11.2. The summed E-state index contributed by atoms with van der Waals surface area (Å²) in [5.74, 6) is 0. The molecule has 2 rings (SSSR count). The van der Waals surface area contributed by atoms with Gasteiger partial charge in [0, 0.05) is 10.6 Å². The second-order valence-corrected chi connectivity index (χ2v) is 2.97. The Bertz CT molecular complexity index is 472. The van der Waals surface area contributed by atoms with Crippen LogP contribution in [-0.4, -0.2) is 5.16 Å². The Labute approximate surface area is 78.9 Å². The Balaban J connectivity index is 2.66. The van der Waals surface area contributed by atoms with Crippen LogP contribution in [0.1, 0.15) is 0 Å². The number of hydrogen-bond acceptors (Lipinski definition) is 2. The van der Waals surface area contributed by atoms with E-state index in [4.69, 9.17) is 11.6 Å². The molecular weight excluding hydrogens is 190 g/mol. The van der Waals surface area contributed by atoms with E-state index in [0.29, 0.717) is 16.1 Å². The lowest BCUT2D eigenvalue weighted by Crippen LogP contribution is -2.00. The minimum absolute atomic E-state index is 0.270. The van der Waals surface area contributed by atoms with Crippen LogP contribution >= 0.6 is 11.6 Å². The number of H-pyrrole nitrogens is 1. The van der Waals surface area contributed by atoms with Gasteiger partial charge in [-0.1, -0.05) is 29.8 Å². The number of benzene rings is 1. The molecule has 0 aliphatic heterocycles. The van der Waals surface area contributed by atoms with Gasteiger partial charge in [0.25, 0.3) is 5.56 Å². The van der Waals surface area contributed by atoms with Crippen molar-refractivity contribution in [3.63, 3.8) is 0 Å². The van der Waals surface area contributed by atoms with Crippen molar-refractivity contribution in [1.82, 2.24) is 5.16 Å². The van der Waals surface area contributed by atoms with Gasteiger partial charge >= 0.3 is 0 Å². The van der Waals surface area contributed by atoms with E-state index >= 15 is 0 Å². The molecule has 0 radical (unpaired) electrons. The number of hydrogen-bond donors (Lipinski definition) is 1. The Morgan fingerprint density at radius 2 is 2.00 bits per heavy atom. The summed E-state index contributed by atoms with van der Waals surface area (Å²) < 4.78 is 4.66. The molecule has 4 heteroatoms. The molecule has 0 atom stereocenters. The first-order valence-corrected chi connectivity index (χ1v) is 4.08. The number of halogens is 1. The summed E-state index contributed by atoms with van der Waals surface area (Å²) in [5, 5.41) is 2.74. The fourth-order valence-corrected chi connectivity index (χ4v) is 1.35. The summed E-state index contributed by atoms with van der Waals surface area (Å²) in [7, 11) is 0. The summed E-state index contributed by atoms with van der Waals surface area (Å²) in [4.78, 5) is 11.2. The van der Waals surface area contributed by atoms with Gasteiger partial charge in [-0.15, -0.1) is 0 Å². The van der Waals surface area contributed by atoms with Crippen LogP contribution in [0.5, 0.6) is 0 Å². The normalized spacial score (nSPS) is 10.2. The Morgan fingerprint density at radius 1 is 1.23 bits per heavy atom. The average molecular weight is 196 g/mol. The monoisotopic (exact) mass is 195 g/mol. The second kappa shape index (κ2) is 3.11. The van der Waals surface area contributed by atoms with Gasteiger partial charge in [-0.05, 0) is 6.07 Å². The van der Waals surface area contributed by atoms with Crippen molar-refractivity contribution >= 4 is 11.6 Å². The molecule has 1 aromatic heterocycles. The van der Waals surface area contributed by atoms with Crippen molar-refractivity contribution in [3.05, 3.63) is 45.9 Å². The summed E-state index contributed by atoms with van der Waals surface area (Å²) in [5.41, 5.74) is 0.859. The highest BCUT2D eigenvalue weighted by atomic mass is 35.5. The van der Waals surface area contributed by atoms with E-state index in [9.17, 15) is 4.79 Å². The van der Waals surface area contributed by atoms with E-state index in [1.165, 1.54) is 6.26 Å². The molecule has 66 valence electrons. The molecule has 3 nitrogen and oxygen atoms in total. The third-order valence-corrected chi connectivity index (χ3v) is 2.07. The van der Waals surface area contributed by atoms with Crippen LogP contribution in [-0.2, 0) is 0 Å². The number of aromatic nitrogens is 1. The molecule has 2 aromatic rings. The minimum Gasteiger partial charge on any atom is -0.386 e. The van der Waals surface area contributed by atoms with Crippen LogP contribution in [0.15, 0.2) is 39.8 Å².